The van der Waals surface area contributed by atoms with Crippen LogP contribution in [-0.2, 0) is 0 Å². The zero-order valence-electron chi connectivity index (χ0n) is 15.6. The zero-order valence-corrected chi connectivity index (χ0v) is 15.6. The van der Waals surface area contributed by atoms with Crippen LogP contribution < -0.4 is 5.32 Å². The number of fused-ring (bicyclic) bond motifs is 1. The molecular formula is C22H19N5O. The second kappa shape index (κ2) is 7.44. The highest BCUT2D eigenvalue weighted by Crippen LogP contribution is 2.17. The van der Waals surface area contributed by atoms with Crippen LogP contribution >= 0.6 is 0 Å². The normalized spacial score (nSPS) is 11.2. The van der Waals surface area contributed by atoms with E-state index in [1.807, 2.05) is 74.5 Å². The molecule has 0 spiro atoms. The molecule has 0 atom stereocenters. The average Bonchev–Trinajstić information content (AvgIpc) is 3.12. The molecule has 0 saturated carbocycles. The molecule has 0 aliphatic rings. The van der Waals surface area contributed by atoms with Gasteiger partial charge in [-0.05, 0) is 55.8 Å². The molecule has 0 unspecified atom stereocenters. The van der Waals surface area contributed by atoms with Gasteiger partial charge in [-0.2, -0.15) is 5.10 Å². The number of carbonyl (C=O) groups is 1. The highest BCUT2D eigenvalue weighted by Gasteiger charge is 2.15. The standard InChI is InChI=1S/C22H19N5O/c1-15-12-16(2)27-21(25-15)20(14-24-27)22(28)26-19-8-5-6-17(13-19)9-10-18-7-3-4-11-23-18/h3-14H,1-2H3,(H,26,28). The number of nitrogens with zero attached hydrogens (tertiary/aromatic N) is 4. The van der Waals surface area contributed by atoms with E-state index in [-0.39, 0.29) is 5.91 Å². The van der Waals surface area contributed by atoms with Gasteiger partial charge in [-0.3, -0.25) is 9.78 Å². The molecule has 6 nitrogen and oxygen atoms in total. The van der Waals surface area contributed by atoms with E-state index >= 15 is 0 Å². The molecule has 0 saturated heterocycles. The van der Waals surface area contributed by atoms with E-state index in [9.17, 15) is 4.79 Å². The van der Waals surface area contributed by atoms with Gasteiger partial charge in [0.1, 0.15) is 5.56 Å². The summed E-state index contributed by atoms with van der Waals surface area (Å²) in [6.07, 6.45) is 7.20. The third-order valence-electron chi connectivity index (χ3n) is 4.30. The summed E-state index contributed by atoms with van der Waals surface area (Å²) in [6.45, 7) is 3.84. The number of aryl methyl sites for hydroxylation is 2. The Balaban J connectivity index is 1.56. The molecule has 0 bridgehead atoms. The van der Waals surface area contributed by atoms with Crippen molar-refractivity contribution >= 4 is 29.4 Å². The fourth-order valence-corrected chi connectivity index (χ4v) is 3.01. The number of rotatable bonds is 4. The number of carbonyl (C=O) groups excluding carboxylic acids is 1. The summed E-state index contributed by atoms with van der Waals surface area (Å²) in [5.74, 6) is -0.238. The maximum absolute atomic E-state index is 12.8. The second-order valence-electron chi connectivity index (χ2n) is 6.50. The van der Waals surface area contributed by atoms with Crippen molar-refractivity contribution in [3.63, 3.8) is 0 Å². The Hall–Kier alpha value is -3.80. The molecule has 4 aromatic rings. The highest BCUT2D eigenvalue weighted by molar-refractivity contribution is 6.08. The van der Waals surface area contributed by atoms with E-state index in [1.54, 1.807) is 16.9 Å². The van der Waals surface area contributed by atoms with Gasteiger partial charge in [0.2, 0.25) is 0 Å². The van der Waals surface area contributed by atoms with E-state index in [4.69, 9.17) is 0 Å². The smallest absolute Gasteiger partial charge is 0.261 e. The van der Waals surface area contributed by atoms with Gasteiger partial charge >= 0.3 is 0 Å². The van der Waals surface area contributed by atoms with Crippen LogP contribution in [0.15, 0.2) is 60.9 Å². The number of hydrogen-bond donors (Lipinski definition) is 1. The maximum atomic E-state index is 12.8. The average molecular weight is 369 g/mol. The Morgan fingerprint density at radius 2 is 1.96 bits per heavy atom. The van der Waals surface area contributed by atoms with Crippen LogP contribution in [0.5, 0.6) is 0 Å². The number of benzene rings is 1. The molecule has 1 aromatic carbocycles. The summed E-state index contributed by atoms with van der Waals surface area (Å²) < 4.78 is 1.67. The van der Waals surface area contributed by atoms with Gasteiger partial charge in [0.25, 0.3) is 5.91 Å². The van der Waals surface area contributed by atoms with Crippen molar-refractivity contribution in [3.05, 3.63) is 89.1 Å². The van der Waals surface area contributed by atoms with Crippen LogP contribution in [0, 0.1) is 13.8 Å². The molecule has 0 aliphatic carbocycles. The number of hydrogen-bond acceptors (Lipinski definition) is 4. The molecule has 4 rings (SSSR count). The quantitative estimate of drug-likeness (QED) is 0.586. The lowest BCUT2D eigenvalue weighted by Crippen LogP contribution is -2.12. The number of amides is 1. The Labute approximate surface area is 162 Å². The van der Waals surface area contributed by atoms with Crippen LogP contribution in [0.2, 0.25) is 0 Å². The molecule has 3 aromatic heterocycles. The van der Waals surface area contributed by atoms with Gasteiger partial charge in [-0.25, -0.2) is 9.50 Å². The first-order valence-corrected chi connectivity index (χ1v) is 8.93. The van der Waals surface area contributed by atoms with E-state index < -0.39 is 0 Å². The summed E-state index contributed by atoms with van der Waals surface area (Å²) >= 11 is 0. The first-order chi connectivity index (χ1) is 13.6. The van der Waals surface area contributed by atoms with Crippen LogP contribution in [0.1, 0.15) is 33.0 Å². The number of anilines is 1. The third-order valence-corrected chi connectivity index (χ3v) is 4.30. The lowest BCUT2D eigenvalue weighted by Gasteiger charge is -2.06. The van der Waals surface area contributed by atoms with Crippen molar-refractivity contribution in [2.75, 3.05) is 5.32 Å². The van der Waals surface area contributed by atoms with Gasteiger partial charge in [0.15, 0.2) is 5.65 Å². The van der Waals surface area contributed by atoms with Crippen LogP contribution in [0.3, 0.4) is 0 Å². The summed E-state index contributed by atoms with van der Waals surface area (Å²) in [6, 6.07) is 15.3. The van der Waals surface area contributed by atoms with E-state index in [2.05, 4.69) is 20.4 Å². The highest BCUT2D eigenvalue weighted by atomic mass is 16.1. The SMILES string of the molecule is Cc1cc(C)n2ncc(C(=O)Nc3cccc(C=Cc4ccccn4)c3)c2n1. The van der Waals surface area contributed by atoms with Crippen LogP contribution in [0.25, 0.3) is 17.8 Å². The van der Waals surface area contributed by atoms with Crippen molar-refractivity contribution in [1.82, 2.24) is 19.6 Å². The molecule has 6 heteroatoms. The lowest BCUT2D eigenvalue weighted by atomic mass is 10.1. The molecule has 28 heavy (non-hydrogen) atoms. The predicted molar refractivity (Wildman–Crippen MR) is 110 cm³/mol. The van der Waals surface area contributed by atoms with Crippen molar-refractivity contribution in [1.29, 1.82) is 0 Å². The van der Waals surface area contributed by atoms with Gasteiger partial charge in [0.05, 0.1) is 11.9 Å². The Kier molecular flexibility index (Phi) is 4.68. The minimum Gasteiger partial charge on any atom is -0.322 e. The van der Waals surface area contributed by atoms with Gasteiger partial charge in [-0.1, -0.05) is 24.3 Å². The fourth-order valence-electron chi connectivity index (χ4n) is 3.01. The zero-order chi connectivity index (χ0) is 19.5. The lowest BCUT2D eigenvalue weighted by molar-refractivity contribution is 0.102. The first kappa shape index (κ1) is 17.6. The molecule has 0 radical (unpaired) electrons. The summed E-state index contributed by atoms with van der Waals surface area (Å²) in [4.78, 5) is 21.5. The third kappa shape index (κ3) is 3.66. The van der Waals surface area contributed by atoms with Crippen molar-refractivity contribution in [2.24, 2.45) is 0 Å². The second-order valence-corrected chi connectivity index (χ2v) is 6.50. The number of nitrogens with one attached hydrogen (secondary N) is 1. The van der Waals surface area contributed by atoms with Crippen LogP contribution in [-0.4, -0.2) is 25.5 Å². The summed E-state index contributed by atoms with van der Waals surface area (Å²) in [5.41, 5.74) is 5.33. The van der Waals surface area contributed by atoms with Crippen molar-refractivity contribution < 1.29 is 4.79 Å². The minimum atomic E-state index is -0.238. The Morgan fingerprint density at radius 3 is 2.79 bits per heavy atom. The molecule has 0 aliphatic heterocycles. The molecular weight excluding hydrogens is 350 g/mol. The first-order valence-electron chi connectivity index (χ1n) is 8.93. The van der Waals surface area contributed by atoms with E-state index in [1.165, 1.54) is 0 Å². The topological polar surface area (TPSA) is 72.2 Å². The Bertz CT molecular complexity index is 1180. The molecule has 1 N–H and O–H groups in total. The summed E-state index contributed by atoms with van der Waals surface area (Å²) in [7, 11) is 0. The molecule has 3 heterocycles. The fraction of sp³-hybridized carbons (Fsp3) is 0.0909. The number of pyridine rings is 1. The van der Waals surface area contributed by atoms with E-state index in [0.29, 0.717) is 16.9 Å². The van der Waals surface area contributed by atoms with Crippen molar-refractivity contribution in [3.8, 4) is 0 Å². The van der Waals surface area contributed by atoms with Gasteiger partial charge < -0.3 is 5.32 Å². The molecule has 138 valence electrons. The van der Waals surface area contributed by atoms with Crippen molar-refractivity contribution in [2.45, 2.75) is 13.8 Å². The van der Waals surface area contributed by atoms with E-state index in [0.717, 1.165) is 22.6 Å². The minimum absolute atomic E-state index is 0.238. The Morgan fingerprint density at radius 1 is 1.07 bits per heavy atom. The summed E-state index contributed by atoms with van der Waals surface area (Å²) in [5, 5.41) is 7.21. The molecule has 1 amide bonds. The van der Waals surface area contributed by atoms with Gasteiger partial charge in [-0.15, -0.1) is 0 Å². The van der Waals surface area contributed by atoms with Gasteiger partial charge in [0, 0.05) is 23.3 Å². The largest absolute Gasteiger partial charge is 0.322 e. The van der Waals surface area contributed by atoms with Crippen LogP contribution in [0.4, 0.5) is 5.69 Å². The predicted octanol–water partition coefficient (Wildman–Crippen LogP) is 4.16. The monoisotopic (exact) mass is 369 g/mol. The number of aromatic nitrogens is 4. The maximum Gasteiger partial charge on any atom is 0.261 e. The molecule has 0 fully saturated rings.